The Morgan fingerprint density at radius 3 is 2.28 bits per heavy atom. The number of hydrogen-bond donors (Lipinski definition) is 3. The van der Waals surface area contributed by atoms with Gasteiger partial charge in [0.1, 0.15) is 5.82 Å². The summed E-state index contributed by atoms with van der Waals surface area (Å²) >= 11 is 0. The maximum absolute atomic E-state index is 13.2. The Bertz CT molecular complexity index is 1450. The van der Waals surface area contributed by atoms with Crippen molar-refractivity contribution in [1.82, 2.24) is 24.3 Å². The summed E-state index contributed by atoms with van der Waals surface area (Å²) in [4.78, 5) is 49.1. The summed E-state index contributed by atoms with van der Waals surface area (Å²) in [6.45, 7) is 7.15. The highest BCUT2D eigenvalue weighted by Crippen LogP contribution is 2.28. The maximum Gasteiger partial charge on any atom is 0.354 e. The van der Waals surface area contributed by atoms with Crippen molar-refractivity contribution in [2.75, 3.05) is 38.0 Å². The summed E-state index contributed by atoms with van der Waals surface area (Å²) in [6, 6.07) is 18.6. The van der Waals surface area contributed by atoms with Gasteiger partial charge in [-0.25, -0.2) is 9.59 Å². The highest BCUT2D eigenvalue weighted by molar-refractivity contribution is 5.89. The van der Waals surface area contributed by atoms with Crippen molar-refractivity contribution in [3.63, 3.8) is 0 Å². The van der Waals surface area contributed by atoms with Crippen LogP contribution in [0.15, 0.2) is 71.7 Å². The number of carbonyl (C=O) groups is 2. The van der Waals surface area contributed by atoms with Crippen LogP contribution in [0.3, 0.4) is 0 Å². The summed E-state index contributed by atoms with van der Waals surface area (Å²) in [7, 11) is 0. The molecule has 0 radical (unpaired) electrons. The first-order valence-electron chi connectivity index (χ1n) is 14.5. The lowest BCUT2D eigenvalue weighted by Crippen LogP contribution is -2.59. The molecule has 2 fully saturated rings. The first-order valence-corrected chi connectivity index (χ1v) is 14.5. The van der Waals surface area contributed by atoms with Crippen molar-refractivity contribution in [3.05, 3.63) is 88.5 Å². The molecule has 2 saturated heterocycles. The van der Waals surface area contributed by atoms with Crippen LogP contribution < -0.4 is 22.5 Å². The number of piperidine rings is 1. The number of nitrogens with one attached hydrogen (secondary N) is 1. The lowest BCUT2D eigenvalue weighted by atomic mass is 9.98. The lowest BCUT2D eigenvalue weighted by Gasteiger charge is -2.43. The van der Waals surface area contributed by atoms with Crippen LogP contribution in [0.5, 0.6) is 0 Å². The number of carbonyl (C=O) groups excluding carboxylic acids is 2. The van der Waals surface area contributed by atoms with Crippen molar-refractivity contribution in [2.45, 2.75) is 50.9 Å². The van der Waals surface area contributed by atoms with Gasteiger partial charge in [-0.1, -0.05) is 42.5 Å². The number of anilines is 1. The van der Waals surface area contributed by atoms with E-state index >= 15 is 0 Å². The van der Waals surface area contributed by atoms with Crippen LogP contribution in [0.1, 0.15) is 43.9 Å². The average molecular weight is 609 g/mol. The van der Waals surface area contributed by atoms with Gasteiger partial charge in [0, 0.05) is 38.4 Å². The molecule has 2 aliphatic rings. The third-order valence-corrected chi connectivity index (χ3v) is 7.96. The molecule has 230 valence electrons. The standard InChI is InChI=1S/C31H40N8O3.ClH/c1-31(2,33)28(40)39-19-18-37(21-26(39)23-6-4-3-5-7-23)29(41)34-27-14-17-38(30(42)35-27)25-10-8-22(9-11-25)20-36-15-12-24(32)13-16-36;/h3-11,14,17,24,26H,12-13,15-16,18-21,32-33H2,1-2H3,(H,34,35,41,42);1H. The molecule has 1 atom stereocenters. The highest BCUT2D eigenvalue weighted by Gasteiger charge is 2.38. The second-order valence-electron chi connectivity index (χ2n) is 11.8. The Hall–Kier alpha value is -3.77. The van der Waals surface area contributed by atoms with E-state index in [-0.39, 0.29) is 42.7 Å². The second-order valence-corrected chi connectivity index (χ2v) is 11.8. The molecular formula is C31H41ClN8O3. The maximum atomic E-state index is 13.2. The molecule has 2 aromatic carbocycles. The number of rotatable bonds is 6. The van der Waals surface area contributed by atoms with Crippen LogP contribution >= 0.6 is 12.4 Å². The highest BCUT2D eigenvalue weighted by atomic mass is 35.5. The number of benzene rings is 2. The Kier molecular flexibility index (Phi) is 10.2. The van der Waals surface area contributed by atoms with Crippen molar-refractivity contribution >= 4 is 30.2 Å². The molecule has 0 spiro atoms. The molecule has 3 amide bonds. The number of hydrogen-bond acceptors (Lipinski definition) is 7. The molecule has 1 unspecified atom stereocenters. The minimum Gasteiger partial charge on any atom is -0.331 e. The quantitative estimate of drug-likeness (QED) is 0.390. The molecule has 0 bridgehead atoms. The smallest absolute Gasteiger partial charge is 0.331 e. The molecule has 5 rings (SSSR count). The Balaban J connectivity index is 0.00000423. The third kappa shape index (κ3) is 7.80. The minimum absolute atomic E-state index is 0. The molecular weight excluding hydrogens is 568 g/mol. The molecule has 3 aromatic rings. The van der Waals surface area contributed by atoms with Gasteiger partial charge < -0.3 is 21.3 Å². The fourth-order valence-electron chi connectivity index (χ4n) is 5.53. The largest absolute Gasteiger partial charge is 0.354 e. The van der Waals surface area contributed by atoms with E-state index in [9.17, 15) is 14.4 Å². The number of likely N-dealkylation sites (tertiary alicyclic amines) is 1. The van der Waals surface area contributed by atoms with E-state index in [4.69, 9.17) is 11.5 Å². The predicted octanol–water partition coefficient (Wildman–Crippen LogP) is 2.73. The number of nitrogens with two attached hydrogens (primary N) is 2. The molecule has 12 heteroatoms. The van der Waals surface area contributed by atoms with Crippen LogP contribution in [0.2, 0.25) is 0 Å². The fourth-order valence-corrected chi connectivity index (χ4v) is 5.53. The molecule has 11 nitrogen and oxygen atoms in total. The monoisotopic (exact) mass is 608 g/mol. The zero-order chi connectivity index (χ0) is 29.9. The number of halogens is 1. The van der Waals surface area contributed by atoms with Crippen LogP contribution in [-0.4, -0.2) is 80.5 Å². The van der Waals surface area contributed by atoms with E-state index in [0.29, 0.717) is 24.8 Å². The van der Waals surface area contributed by atoms with Crippen molar-refractivity contribution in [2.24, 2.45) is 11.5 Å². The SMILES string of the molecule is CC(C)(N)C(=O)N1CCN(C(=O)Nc2ccn(-c3ccc(CN4CCC(N)CC4)cc3)c(=O)n2)CC1c1ccccc1.Cl. The van der Waals surface area contributed by atoms with Crippen molar-refractivity contribution in [3.8, 4) is 5.69 Å². The van der Waals surface area contributed by atoms with Gasteiger partial charge in [-0.05, 0) is 69.1 Å². The van der Waals surface area contributed by atoms with Gasteiger partial charge in [-0.2, -0.15) is 4.98 Å². The Morgan fingerprint density at radius 1 is 0.977 bits per heavy atom. The zero-order valence-corrected chi connectivity index (χ0v) is 25.5. The molecule has 2 aliphatic heterocycles. The molecule has 1 aromatic heterocycles. The first-order chi connectivity index (χ1) is 20.1. The fraction of sp³-hybridized carbons (Fsp3) is 0.419. The summed E-state index contributed by atoms with van der Waals surface area (Å²) in [5.41, 5.74) is 13.4. The average Bonchev–Trinajstić information content (AvgIpc) is 2.98. The van der Waals surface area contributed by atoms with Gasteiger partial charge in [-0.15, -0.1) is 12.4 Å². The molecule has 43 heavy (non-hydrogen) atoms. The van der Waals surface area contributed by atoms with E-state index in [1.807, 2.05) is 54.6 Å². The normalized spacial score (nSPS) is 18.2. The van der Waals surface area contributed by atoms with E-state index in [1.54, 1.807) is 35.9 Å². The lowest BCUT2D eigenvalue weighted by molar-refractivity contribution is -0.140. The van der Waals surface area contributed by atoms with Gasteiger partial charge in [0.2, 0.25) is 5.91 Å². The summed E-state index contributed by atoms with van der Waals surface area (Å²) < 4.78 is 1.45. The Morgan fingerprint density at radius 2 is 1.65 bits per heavy atom. The van der Waals surface area contributed by atoms with Gasteiger partial charge in [0.25, 0.3) is 0 Å². The summed E-state index contributed by atoms with van der Waals surface area (Å²) in [6.07, 6.45) is 3.63. The van der Waals surface area contributed by atoms with Crippen molar-refractivity contribution in [1.29, 1.82) is 0 Å². The summed E-state index contributed by atoms with van der Waals surface area (Å²) in [5, 5.41) is 2.76. The molecule has 5 N–H and O–H groups in total. The van der Waals surface area contributed by atoms with Crippen molar-refractivity contribution < 1.29 is 9.59 Å². The molecule has 0 saturated carbocycles. The Labute approximate surface area is 258 Å². The van der Waals surface area contributed by atoms with Gasteiger partial charge in [-0.3, -0.25) is 19.6 Å². The van der Waals surface area contributed by atoms with Crippen LogP contribution in [0.4, 0.5) is 10.6 Å². The summed E-state index contributed by atoms with van der Waals surface area (Å²) in [5.74, 6) is -0.00927. The van der Waals surface area contributed by atoms with Crippen LogP contribution in [0, 0.1) is 0 Å². The number of nitrogens with zero attached hydrogens (tertiary/aromatic N) is 5. The zero-order valence-electron chi connectivity index (χ0n) is 24.7. The first kappa shape index (κ1) is 32.2. The van der Waals surface area contributed by atoms with Gasteiger partial charge in [0.05, 0.1) is 17.3 Å². The predicted molar refractivity (Wildman–Crippen MR) is 169 cm³/mol. The van der Waals surface area contributed by atoms with E-state index in [1.165, 1.54) is 10.1 Å². The van der Waals surface area contributed by atoms with E-state index in [2.05, 4.69) is 15.2 Å². The number of aromatic nitrogens is 2. The van der Waals surface area contributed by atoms with Crippen LogP contribution in [-0.2, 0) is 11.3 Å². The third-order valence-electron chi connectivity index (χ3n) is 7.96. The van der Waals surface area contributed by atoms with E-state index < -0.39 is 11.2 Å². The topological polar surface area (TPSA) is 143 Å². The number of amides is 3. The second kappa shape index (κ2) is 13.7. The molecule has 0 aliphatic carbocycles. The number of piperazine rings is 1. The van der Waals surface area contributed by atoms with Crippen LogP contribution in [0.25, 0.3) is 5.69 Å². The van der Waals surface area contributed by atoms with E-state index in [0.717, 1.165) is 38.0 Å². The van der Waals surface area contributed by atoms with Gasteiger partial charge in [0.15, 0.2) is 0 Å². The number of urea groups is 1. The van der Waals surface area contributed by atoms with Gasteiger partial charge >= 0.3 is 11.7 Å². The molecule has 3 heterocycles. The minimum atomic E-state index is -1.03.